The van der Waals surface area contributed by atoms with Crippen molar-refractivity contribution in [3.63, 3.8) is 0 Å². The third-order valence-electron chi connectivity index (χ3n) is 2.51. The third kappa shape index (κ3) is 1.65. The highest BCUT2D eigenvalue weighted by atomic mass is 35.5. The van der Waals surface area contributed by atoms with Crippen LogP contribution in [0.25, 0.3) is 11.0 Å². The van der Waals surface area contributed by atoms with Gasteiger partial charge in [0.1, 0.15) is 5.69 Å². The van der Waals surface area contributed by atoms with E-state index in [1.54, 1.807) is 6.07 Å². The first-order valence-electron chi connectivity index (χ1n) is 4.76. The minimum atomic E-state index is -0.939. The van der Waals surface area contributed by atoms with E-state index in [4.69, 9.17) is 21.2 Å². The quantitative estimate of drug-likeness (QED) is 0.875. The highest BCUT2D eigenvalue weighted by Gasteiger charge is 2.16. The molecule has 0 radical (unpaired) electrons. The number of halogens is 1. The Morgan fingerprint density at radius 3 is 2.88 bits per heavy atom. The molecule has 0 atom stereocenters. The van der Waals surface area contributed by atoms with Gasteiger partial charge in [0.2, 0.25) is 0 Å². The number of hydrogen-bond acceptors (Lipinski definition) is 3. The molecule has 1 aromatic heterocycles. The zero-order chi connectivity index (χ0) is 11.9. The molecular formula is C11H10ClNO3. The fourth-order valence-corrected chi connectivity index (χ4v) is 1.92. The Bertz CT molecular complexity index is 574. The first kappa shape index (κ1) is 11.0. The lowest BCUT2D eigenvalue weighted by Gasteiger charge is -2.03. The van der Waals surface area contributed by atoms with Crippen molar-refractivity contribution in [2.24, 2.45) is 0 Å². The normalized spacial score (nSPS) is 10.9. The van der Waals surface area contributed by atoms with E-state index in [0.29, 0.717) is 21.7 Å². The Balaban J connectivity index is 2.71. The molecule has 5 heteroatoms. The van der Waals surface area contributed by atoms with Gasteiger partial charge in [-0.25, -0.2) is 0 Å². The molecule has 1 aromatic carbocycles. The molecule has 1 N–H and O–H groups in total. The zero-order valence-electron chi connectivity index (χ0n) is 8.87. The van der Waals surface area contributed by atoms with Crippen LogP contribution in [-0.4, -0.2) is 16.2 Å². The SMILES string of the molecule is Cc1cc2onc(CC(=O)O)c2c(C)c1Cl. The van der Waals surface area contributed by atoms with Crippen molar-refractivity contribution in [3.05, 3.63) is 27.9 Å². The van der Waals surface area contributed by atoms with Gasteiger partial charge in [0.15, 0.2) is 5.58 Å². The number of carboxylic acid groups (broad SMARTS) is 1. The van der Waals surface area contributed by atoms with Crippen LogP contribution < -0.4 is 0 Å². The Morgan fingerprint density at radius 1 is 1.56 bits per heavy atom. The van der Waals surface area contributed by atoms with Crippen LogP contribution in [0, 0.1) is 13.8 Å². The number of aromatic nitrogens is 1. The molecule has 0 spiro atoms. The van der Waals surface area contributed by atoms with Crippen molar-refractivity contribution in [2.45, 2.75) is 20.3 Å². The molecule has 0 saturated carbocycles. The minimum Gasteiger partial charge on any atom is -0.481 e. The van der Waals surface area contributed by atoms with Crippen LogP contribution in [0.2, 0.25) is 5.02 Å². The topological polar surface area (TPSA) is 63.3 Å². The Morgan fingerprint density at radius 2 is 2.25 bits per heavy atom. The molecule has 0 amide bonds. The number of aliphatic carboxylic acids is 1. The highest BCUT2D eigenvalue weighted by Crippen LogP contribution is 2.31. The van der Waals surface area contributed by atoms with Crippen molar-refractivity contribution in [1.29, 1.82) is 0 Å². The van der Waals surface area contributed by atoms with Gasteiger partial charge in [-0.1, -0.05) is 16.8 Å². The lowest BCUT2D eigenvalue weighted by molar-refractivity contribution is -0.136. The molecule has 0 aliphatic rings. The van der Waals surface area contributed by atoms with Crippen LogP contribution >= 0.6 is 11.6 Å². The Labute approximate surface area is 96.8 Å². The maximum Gasteiger partial charge on any atom is 0.309 e. The monoisotopic (exact) mass is 239 g/mol. The molecule has 16 heavy (non-hydrogen) atoms. The second-order valence-corrected chi connectivity index (χ2v) is 4.08. The van der Waals surface area contributed by atoms with Crippen molar-refractivity contribution >= 4 is 28.5 Å². The number of benzene rings is 1. The molecule has 4 nitrogen and oxygen atoms in total. The first-order valence-corrected chi connectivity index (χ1v) is 5.14. The molecule has 2 rings (SSSR count). The van der Waals surface area contributed by atoms with Gasteiger partial charge >= 0.3 is 5.97 Å². The molecule has 0 aliphatic carbocycles. The molecule has 2 aromatic rings. The minimum absolute atomic E-state index is 0.159. The summed E-state index contributed by atoms with van der Waals surface area (Å²) in [6.07, 6.45) is -0.159. The van der Waals surface area contributed by atoms with Crippen LogP contribution in [0.4, 0.5) is 0 Å². The summed E-state index contributed by atoms with van der Waals surface area (Å²) in [4.78, 5) is 10.7. The van der Waals surface area contributed by atoms with Crippen molar-refractivity contribution < 1.29 is 14.4 Å². The van der Waals surface area contributed by atoms with Gasteiger partial charge in [0.25, 0.3) is 0 Å². The van der Waals surface area contributed by atoms with Crippen LogP contribution in [0.5, 0.6) is 0 Å². The molecule has 84 valence electrons. The summed E-state index contributed by atoms with van der Waals surface area (Å²) in [6, 6.07) is 1.77. The van der Waals surface area contributed by atoms with Gasteiger partial charge in [-0.2, -0.15) is 0 Å². The predicted molar refractivity (Wildman–Crippen MR) is 59.8 cm³/mol. The maximum absolute atomic E-state index is 10.7. The summed E-state index contributed by atoms with van der Waals surface area (Å²) in [7, 11) is 0. The summed E-state index contributed by atoms with van der Waals surface area (Å²) >= 11 is 6.11. The van der Waals surface area contributed by atoms with Crippen LogP contribution in [-0.2, 0) is 11.2 Å². The molecule has 0 bridgehead atoms. The average Bonchev–Trinajstić information content (AvgIpc) is 2.57. The van der Waals surface area contributed by atoms with E-state index in [-0.39, 0.29) is 6.42 Å². The summed E-state index contributed by atoms with van der Waals surface area (Å²) in [6.45, 7) is 3.70. The smallest absolute Gasteiger partial charge is 0.309 e. The van der Waals surface area contributed by atoms with E-state index in [2.05, 4.69) is 5.16 Å². The summed E-state index contributed by atoms with van der Waals surface area (Å²) in [5.74, 6) is -0.939. The van der Waals surface area contributed by atoms with Gasteiger partial charge in [-0.15, -0.1) is 0 Å². The number of hydrogen-bond donors (Lipinski definition) is 1. The molecule has 0 fully saturated rings. The lowest BCUT2D eigenvalue weighted by atomic mass is 10.0. The van der Waals surface area contributed by atoms with Crippen molar-refractivity contribution in [2.75, 3.05) is 0 Å². The number of carboxylic acids is 1. The predicted octanol–water partition coefficient (Wildman–Crippen LogP) is 2.73. The van der Waals surface area contributed by atoms with Crippen LogP contribution in [0.15, 0.2) is 10.6 Å². The fourth-order valence-electron chi connectivity index (χ4n) is 1.77. The number of aryl methyl sites for hydroxylation is 2. The van der Waals surface area contributed by atoms with Crippen LogP contribution in [0.1, 0.15) is 16.8 Å². The van der Waals surface area contributed by atoms with Gasteiger partial charge in [0.05, 0.1) is 6.42 Å². The second-order valence-electron chi connectivity index (χ2n) is 3.71. The second kappa shape index (κ2) is 3.79. The summed E-state index contributed by atoms with van der Waals surface area (Å²) in [5, 5.41) is 13.8. The average molecular weight is 240 g/mol. The largest absolute Gasteiger partial charge is 0.481 e. The molecule has 0 saturated heterocycles. The number of nitrogens with zero attached hydrogens (tertiary/aromatic N) is 1. The standard InChI is InChI=1S/C11H10ClNO3/c1-5-3-8-10(6(2)11(5)12)7(13-16-8)4-9(14)15/h3H,4H2,1-2H3,(H,14,15). The van der Waals surface area contributed by atoms with Gasteiger partial charge in [0, 0.05) is 10.4 Å². The summed E-state index contributed by atoms with van der Waals surface area (Å²) < 4.78 is 5.09. The molecule has 1 heterocycles. The van der Waals surface area contributed by atoms with Gasteiger partial charge in [-0.3, -0.25) is 4.79 Å². The van der Waals surface area contributed by atoms with E-state index in [0.717, 1.165) is 11.1 Å². The van der Waals surface area contributed by atoms with E-state index in [9.17, 15) is 4.79 Å². The first-order chi connectivity index (χ1) is 7.50. The van der Waals surface area contributed by atoms with E-state index in [1.807, 2.05) is 13.8 Å². The number of rotatable bonds is 2. The Hall–Kier alpha value is -1.55. The van der Waals surface area contributed by atoms with Gasteiger partial charge < -0.3 is 9.63 Å². The summed E-state index contributed by atoms with van der Waals surface area (Å²) in [5.41, 5.74) is 2.71. The van der Waals surface area contributed by atoms with Gasteiger partial charge in [-0.05, 0) is 31.0 Å². The molecular weight excluding hydrogens is 230 g/mol. The highest BCUT2D eigenvalue weighted by molar-refractivity contribution is 6.33. The lowest BCUT2D eigenvalue weighted by Crippen LogP contribution is -2.01. The zero-order valence-corrected chi connectivity index (χ0v) is 9.63. The van der Waals surface area contributed by atoms with Crippen molar-refractivity contribution in [1.82, 2.24) is 5.16 Å². The van der Waals surface area contributed by atoms with Crippen molar-refractivity contribution in [3.8, 4) is 0 Å². The van der Waals surface area contributed by atoms with E-state index in [1.165, 1.54) is 0 Å². The third-order valence-corrected chi connectivity index (χ3v) is 3.09. The Kier molecular flexibility index (Phi) is 2.59. The van der Waals surface area contributed by atoms with E-state index >= 15 is 0 Å². The van der Waals surface area contributed by atoms with Crippen LogP contribution in [0.3, 0.4) is 0 Å². The number of fused-ring (bicyclic) bond motifs is 1. The fraction of sp³-hybridized carbons (Fsp3) is 0.273. The maximum atomic E-state index is 10.7. The molecule has 0 aliphatic heterocycles. The van der Waals surface area contributed by atoms with E-state index < -0.39 is 5.97 Å². The molecule has 0 unspecified atom stereocenters. The number of carbonyl (C=O) groups is 1.